The van der Waals surface area contributed by atoms with Gasteiger partial charge < -0.3 is 19.2 Å². The molecule has 0 spiro atoms. The van der Waals surface area contributed by atoms with Crippen molar-refractivity contribution in [3.8, 4) is 11.5 Å². The van der Waals surface area contributed by atoms with Gasteiger partial charge in [-0.3, -0.25) is 4.79 Å². The van der Waals surface area contributed by atoms with Crippen molar-refractivity contribution in [2.24, 2.45) is 5.41 Å². The highest BCUT2D eigenvalue weighted by Gasteiger charge is 2.30. The fraction of sp³-hybridized carbons (Fsp3) is 0.606. The Morgan fingerprint density at radius 1 is 0.974 bits per heavy atom. The maximum atomic E-state index is 13.7. The highest BCUT2D eigenvalue weighted by Crippen LogP contribution is 2.41. The van der Waals surface area contributed by atoms with Crippen LogP contribution in [0.5, 0.6) is 11.5 Å². The Labute approximate surface area is 239 Å². The molecule has 0 aliphatic heterocycles. The number of benzene rings is 2. The van der Waals surface area contributed by atoms with Crippen LogP contribution in [0.4, 0.5) is 5.69 Å². The fourth-order valence-electron chi connectivity index (χ4n) is 5.20. The van der Waals surface area contributed by atoms with Gasteiger partial charge in [-0.2, -0.15) is 0 Å². The van der Waals surface area contributed by atoms with Crippen molar-refractivity contribution >= 4 is 20.6 Å². The second kappa shape index (κ2) is 14.4. The van der Waals surface area contributed by atoms with Crippen molar-refractivity contribution in [3.05, 3.63) is 53.1 Å². The van der Waals surface area contributed by atoms with Gasteiger partial charge in [0, 0.05) is 17.7 Å². The zero-order valence-corrected chi connectivity index (χ0v) is 27.5. The van der Waals surface area contributed by atoms with Gasteiger partial charge >= 0.3 is 0 Å². The average Bonchev–Trinajstić information content (AvgIpc) is 2.84. The van der Waals surface area contributed by atoms with Crippen molar-refractivity contribution in [1.29, 1.82) is 0 Å². The van der Waals surface area contributed by atoms with Crippen LogP contribution in [0.1, 0.15) is 109 Å². The molecule has 0 aliphatic rings. The maximum Gasteiger partial charge on any atom is 0.224 e. The minimum Gasteiger partial charge on any atom is -0.493 e. The van der Waals surface area contributed by atoms with E-state index in [1.165, 1.54) is 0 Å². The highest BCUT2D eigenvalue weighted by atomic mass is 28.3. The lowest BCUT2D eigenvalue weighted by Crippen LogP contribution is -2.27. The highest BCUT2D eigenvalue weighted by molar-refractivity contribution is 6.48. The summed E-state index contributed by atoms with van der Waals surface area (Å²) in [6.45, 7) is 19.8. The Hall–Kier alpha value is -2.31. The molecule has 0 fully saturated rings. The largest absolute Gasteiger partial charge is 0.493 e. The van der Waals surface area contributed by atoms with Crippen LogP contribution in [0.25, 0.3) is 0 Å². The molecule has 2 aromatic carbocycles. The van der Waals surface area contributed by atoms with E-state index in [0.717, 1.165) is 53.8 Å². The van der Waals surface area contributed by atoms with Crippen LogP contribution in [-0.4, -0.2) is 29.2 Å². The molecule has 1 N–H and O–H groups in total. The molecule has 0 aliphatic carbocycles. The van der Waals surface area contributed by atoms with Crippen molar-refractivity contribution in [1.82, 2.24) is 0 Å². The van der Waals surface area contributed by atoms with E-state index in [9.17, 15) is 4.79 Å². The van der Waals surface area contributed by atoms with Crippen LogP contribution in [-0.2, 0) is 14.6 Å². The number of carbonyl (C=O) groups is 1. The third-order valence-electron chi connectivity index (χ3n) is 7.08. The number of ether oxygens (including phenoxy) is 2. The molecule has 2 rings (SSSR count). The molecule has 39 heavy (non-hydrogen) atoms. The number of unbranched alkanes of at least 4 members (excludes halogenated alkanes) is 2. The van der Waals surface area contributed by atoms with Gasteiger partial charge in [-0.15, -0.1) is 0 Å². The number of para-hydroxylation sites is 1. The van der Waals surface area contributed by atoms with Gasteiger partial charge in [-0.1, -0.05) is 92.0 Å². The molecule has 5 nitrogen and oxygen atoms in total. The number of nitrogens with one attached hydrogen (secondary N) is 1. The molecule has 2 unspecified atom stereocenters. The Kier molecular flexibility index (Phi) is 12.1. The summed E-state index contributed by atoms with van der Waals surface area (Å²) in [5.74, 6) is 1.45. The Morgan fingerprint density at radius 2 is 1.67 bits per heavy atom. The van der Waals surface area contributed by atoms with Gasteiger partial charge in [0.2, 0.25) is 5.91 Å². The number of amides is 1. The normalized spacial score (nSPS) is 13.7. The third kappa shape index (κ3) is 9.39. The van der Waals surface area contributed by atoms with Crippen molar-refractivity contribution < 1.29 is 18.7 Å². The second-order valence-corrected chi connectivity index (χ2v) is 15.4. The molecule has 218 valence electrons. The first-order valence-electron chi connectivity index (χ1n) is 14.5. The molecule has 0 heterocycles. The topological polar surface area (TPSA) is 56.8 Å². The average molecular weight is 556 g/mol. The van der Waals surface area contributed by atoms with E-state index in [4.69, 9.17) is 13.9 Å². The first-order valence-corrected chi connectivity index (χ1v) is 17.3. The first-order chi connectivity index (χ1) is 18.2. The van der Waals surface area contributed by atoms with Crippen molar-refractivity contribution in [2.75, 3.05) is 19.5 Å². The Bertz CT molecular complexity index is 1070. The lowest BCUT2D eigenvalue weighted by molar-refractivity contribution is -0.116. The molecule has 1 amide bonds. The van der Waals surface area contributed by atoms with E-state index < -0.39 is 9.04 Å². The van der Waals surface area contributed by atoms with Crippen LogP contribution in [0, 0.1) is 5.41 Å². The molecule has 0 saturated carbocycles. The number of hydrogen-bond acceptors (Lipinski definition) is 4. The van der Waals surface area contributed by atoms with Crippen molar-refractivity contribution in [3.63, 3.8) is 0 Å². The minimum absolute atomic E-state index is 0.00971. The number of carbonyl (C=O) groups excluding carboxylic acids is 1. The maximum absolute atomic E-state index is 13.7. The SMILES string of the molecule is CCCCCC(CC(=O)Nc1cc(C(O[SiH](C)C)C(C)(C)C)ccc1C(C)(C)C)c1cccc(OC)c1OC. The van der Waals surface area contributed by atoms with E-state index in [1.54, 1.807) is 14.2 Å². The van der Waals surface area contributed by atoms with Gasteiger partial charge in [0.15, 0.2) is 20.5 Å². The summed E-state index contributed by atoms with van der Waals surface area (Å²) in [6, 6.07) is 12.4. The summed E-state index contributed by atoms with van der Waals surface area (Å²) in [5, 5.41) is 3.32. The molecule has 6 heteroatoms. The second-order valence-electron chi connectivity index (χ2n) is 13.0. The molecule has 2 atom stereocenters. The van der Waals surface area contributed by atoms with Crippen LogP contribution < -0.4 is 14.8 Å². The van der Waals surface area contributed by atoms with E-state index in [0.29, 0.717) is 12.2 Å². The summed E-state index contributed by atoms with van der Waals surface area (Å²) in [7, 11) is 2.03. The molecule has 0 bridgehead atoms. The van der Waals surface area contributed by atoms with E-state index >= 15 is 0 Å². The zero-order valence-electron chi connectivity index (χ0n) is 26.4. The van der Waals surface area contributed by atoms with Gasteiger partial charge in [0.25, 0.3) is 0 Å². The number of rotatable bonds is 13. The summed E-state index contributed by atoms with van der Waals surface area (Å²) < 4.78 is 17.8. The van der Waals surface area contributed by atoms with Crippen LogP contribution in [0.2, 0.25) is 13.1 Å². The van der Waals surface area contributed by atoms with Gasteiger partial charge in [0.05, 0.1) is 20.3 Å². The van der Waals surface area contributed by atoms with Crippen LogP contribution >= 0.6 is 0 Å². The molecular weight excluding hydrogens is 502 g/mol. The molecule has 0 aromatic heterocycles. The Morgan fingerprint density at radius 3 is 2.21 bits per heavy atom. The molecule has 2 aromatic rings. The number of anilines is 1. The predicted molar refractivity (Wildman–Crippen MR) is 167 cm³/mol. The standard InChI is InChI=1S/C33H53NO4Si/c1-12-13-14-16-23(25-17-15-18-28(36-8)30(25)37-9)22-29(35)34-27-21-24(19-20-26(27)32(2,3)4)31(33(5,6)7)38-39(10)11/h15,17-21,23,31,39H,12-14,16,22H2,1-11H3,(H,34,35). The van der Waals surface area contributed by atoms with Crippen molar-refractivity contribution in [2.45, 2.75) is 111 Å². The number of hydrogen-bond donors (Lipinski definition) is 1. The molecule has 0 radical (unpaired) electrons. The molecular formula is C33H53NO4Si. The van der Waals surface area contributed by atoms with Gasteiger partial charge in [-0.25, -0.2) is 0 Å². The van der Waals surface area contributed by atoms with Gasteiger partial charge in [-0.05, 0) is 59.5 Å². The lowest BCUT2D eigenvalue weighted by atomic mass is 9.81. The quantitative estimate of drug-likeness (QED) is 0.198. The number of methoxy groups -OCH3 is 2. The monoisotopic (exact) mass is 555 g/mol. The molecule has 0 saturated heterocycles. The summed E-state index contributed by atoms with van der Waals surface area (Å²) in [6.07, 6.45) is 4.58. The zero-order chi connectivity index (χ0) is 29.4. The lowest BCUT2D eigenvalue weighted by Gasteiger charge is -2.34. The summed E-state index contributed by atoms with van der Waals surface area (Å²) in [4.78, 5) is 13.7. The third-order valence-corrected chi connectivity index (χ3v) is 7.90. The first kappa shape index (κ1) is 32.9. The van der Waals surface area contributed by atoms with Gasteiger partial charge in [0.1, 0.15) is 0 Å². The van der Waals surface area contributed by atoms with Crippen LogP contribution in [0.3, 0.4) is 0 Å². The predicted octanol–water partition coefficient (Wildman–Crippen LogP) is 8.78. The smallest absolute Gasteiger partial charge is 0.224 e. The van der Waals surface area contributed by atoms with E-state index in [2.05, 4.69) is 91.1 Å². The summed E-state index contributed by atoms with van der Waals surface area (Å²) >= 11 is 0. The van der Waals surface area contributed by atoms with E-state index in [1.807, 2.05) is 12.1 Å². The Balaban J connectivity index is 2.46. The van der Waals surface area contributed by atoms with E-state index in [-0.39, 0.29) is 28.8 Å². The summed E-state index contributed by atoms with van der Waals surface area (Å²) in [5.41, 5.74) is 3.95. The minimum atomic E-state index is -1.28. The fourth-order valence-corrected chi connectivity index (χ4v) is 6.31. The van der Waals surface area contributed by atoms with Crippen LogP contribution in [0.15, 0.2) is 36.4 Å².